The molecule has 0 bridgehead atoms. The summed E-state index contributed by atoms with van der Waals surface area (Å²) in [6.07, 6.45) is 2.66. The topological polar surface area (TPSA) is 49.0 Å². The van der Waals surface area contributed by atoms with Gasteiger partial charge in [-0.05, 0) is 45.6 Å². The second kappa shape index (κ2) is 5.47. The van der Waals surface area contributed by atoms with Crippen LogP contribution in [0.4, 0.5) is 0 Å². The van der Waals surface area contributed by atoms with E-state index in [4.69, 9.17) is 5.26 Å². The van der Waals surface area contributed by atoms with Crippen LogP contribution in [0.25, 0.3) is 0 Å². The fourth-order valence-electron chi connectivity index (χ4n) is 1.53. The molecule has 0 fully saturated rings. The smallest absolute Gasteiger partial charge is 0.268 e. The summed E-state index contributed by atoms with van der Waals surface area (Å²) in [4.78, 5) is 13.9. The van der Waals surface area contributed by atoms with Gasteiger partial charge >= 0.3 is 0 Å². The van der Waals surface area contributed by atoms with Crippen LogP contribution in [-0.4, -0.2) is 30.1 Å². The highest BCUT2D eigenvalue weighted by atomic mass is 16.1. The molecular formula is C12H17N3O. The van der Waals surface area contributed by atoms with Crippen molar-refractivity contribution in [2.75, 3.05) is 20.6 Å². The minimum absolute atomic E-state index is 0.179. The molecule has 0 aliphatic rings. The number of nitrogens with zero attached hydrogens (tertiary/aromatic N) is 3. The maximum absolute atomic E-state index is 11.8. The maximum Gasteiger partial charge on any atom is 0.268 e. The van der Waals surface area contributed by atoms with Crippen molar-refractivity contribution in [1.29, 1.82) is 5.26 Å². The van der Waals surface area contributed by atoms with E-state index in [1.165, 1.54) is 0 Å². The molecular weight excluding hydrogens is 202 g/mol. The average Bonchev–Trinajstić information content (AvgIpc) is 2.22. The molecule has 0 aromatic carbocycles. The molecule has 0 atom stereocenters. The quantitative estimate of drug-likeness (QED) is 0.758. The highest BCUT2D eigenvalue weighted by Crippen LogP contribution is 2.00. The predicted octanol–water partition coefficient (Wildman–Crippen LogP) is 0.980. The van der Waals surface area contributed by atoms with E-state index in [1.54, 1.807) is 17.7 Å². The third-order valence-electron chi connectivity index (χ3n) is 2.49. The molecule has 1 aromatic heterocycles. The molecule has 4 nitrogen and oxygen atoms in total. The van der Waals surface area contributed by atoms with E-state index in [0.29, 0.717) is 6.54 Å². The van der Waals surface area contributed by atoms with Gasteiger partial charge in [0.15, 0.2) is 0 Å². The van der Waals surface area contributed by atoms with Crippen molar-refractivity contribution in [3.63, 3.8) is 0 Å². The lowest BCUT2D eigenvalue weighted by Crippen LogP contribution is -2.25. The van der Waals surface area contributed by atoms with E-state index in [2.05, 4.69) is 4.90 Å². The first-order valence-corrected chi connectivity index (χ1v) is 5.31. The van der Waals surface area contributed by atoms with E-state index < -0.39 is 0 Å². The van der Waals surface area contributed by atoms with Crippen LogP contribution in [0.1, 0.15) is 17.5 Å². The summed E-state index contributed by atoms with van der Waals surface area (Å²) in [5, 5.41) is 8.87. The highest BCUT2D eigenvalue weighted by molar-refractivity contribution is 5.33. The first kappa shape index (κ1) is 12.5. The number of nitriles is 1. The molecule has 86 valence electrons. The van der Waals surface area contributed by atoms with Gasteiger partial charge in [-0.1, -0.05) is 0 Å². The van der Waals surface area contributed by atoms with Crippen molar-refractivity contribution >= 4 is 0 Å². The minimum Gasteiger partial charge on any atom is -0.314 e. The van der Waals surface area contributed by atoms with Gasteiger partial charge in [0.1, 0.15) is 11.6 Å². The minimum atomic E-state index is -0.179. The van der Waals surface area contributed by atoms with Gasteiger partial charge in [-0.3, -0.25) is 4.79 Å². The van der Waals surface area contributed by atoms with Gasteiger partial charge in [-0.2, -0.15) is 5.26 Å². The first-order chi connectivity index (χ1) is 7.56. The Kier molecular flexibility index (Phi) is 4.27. The van der Waals surface area contributed by atoms with Crippen molar-refractivity contribution in [2.24, 2.45) is 0 Å². The molecule has 1 aromatic rings. The summed E-state index contributed by atoms with van der Waals surface area (Å²) < 4.78 is 1.61. The molecule has 0 N–H and O–H groups in total. The zero-order valence-electron chi connectivity index (χ0n) is 10.0. The molecule has 0 saturated carbocycles. The van der Waals surface area contributed by atoms with E-state index in [0.717, 1.165) is 18.5 Å². The molecule has 0 saturated heterocycles. The SMILES string of the molecule is Cc1ccn(CCCN(C)C)c(=O)c1C#N. The van der Waals surface area contributed by atoms with Crippen LogP contribution in [0.15, 0.2) is 17.1 Å². The third kappa shape index (κ3) is 2.94. The summed E-state index contributed by atoms with van der Waals surface area (Å²) >= 11 is 0. The molecule has 0 radical (unpaired) electrons. The normalized spacial score (nSPS) is 10.4. The van der Waals surface area contributed by atoms with Crippen LogP contribution < -0.4 is 5.56 Å². The van der Waals surface area contributed by atoms with Gasteiger partial charge in [0, 0.05) is 12.7 Å². The largest absolute Gasteiger partial charge is 0.314 e. The van der Waals surface area contributed by atoms with Crippen LogP contribution >= 0.6 is 0 Å². The molecule has 0 spiro atoms. The van der Waals surface area contributed by atoms with Crippen molar-refractivity contribution < 1.29 is 0 Å². The monoisotopic (exact) mass is 219 g/mol. The van der Waals surface area contributed by atoms with Crippen molar-refractivity contribution in [3.05, 3.63) is 33.7 Å². The fourth-order valence-corrected chi connectivity index (χ4v) is 1.53. The lowest BCUT2D eigenvalue weighted by Gasteiger charge is -2.11. The van der Waals surface area contributed by atoms with Crippen LogP contribution in [0.2, 0.25) is 0 Å². The van der Waals surface area contributed by atoms with Crippen LogP contribution in [0, 0.1) is 18.3 Å². The maximum atomic E-state index is 11.8. The zero-order valence-corrected chi connectivity index (χ0v) is 10.0. The molecule has 0 amide bonds. The Labute approximate surface area is 95.7 Å². The van der Waals surface area contributed by atoms with E-state index >= 15 is 0 Å². The molecule has 16 heavy (non-hydrogen) atoms. The molecule has 1 heterocycles. The summed E-state index contributed by atoms with van der Waals surface area (Å²) in [5.74, 6) is 0. The molecule has 0 aliphatic heterocycles. The van der Waals surface area contributed by atoms with Gasteiger partial charge in [-0.25, -0.2) is 0 Å². The second-order valence-corrected chi connectivity index (χ2v) is 4.14. The van der Waals surface area contributed by atoms with Crippen LogP contribution in [-0.2, 0) is 6.54 Å². The molecule has 4 heteroatoms. The molecule has 0 aliphatic carbocycles. The van der Waals surface area contributed by atoms with E-state index in [1.807, 2.05) is 26.2 Å². The van der Waals surface area contributed by atoms with Crippen molar-refractivity contribution in [2.45, 2.75) is 19.9 Å². The molecule has 0 unspecified atom stereocenters. The Bertz CT molecular complexity index is 454. The first-order valence-electron chi connectivity index (χ1n) is 5.31. The average molecular weight is 219 g/mol. The summed E-state index contributed by atoms with van der Waals surface area (Å²) in [6.45, 7) is 3.37. The lowest BCUT2D eigenvalue weighted by molar-refractivity contribution is 0.385. The highest BCUT2D eigenvalue weighted by Gasteiger charge is 2.05. The Balaban J connectivity index is 2.83. The Morgan fingerprint density at radius 1 is 1.50 bits per heavy atom. The van der Waals surface area contributed by atoms with Crippen LogP contribution in [0.3, 0.4) is 0 Å². The summed E-state index contributed by atoms with van der Waals surface area (Å²) in [7, 11) is 4.00. The van der Waals surface area contributed by atoms with Crippen molar-refractivity contribution in [1.82, 2.24) is 9.47 Å². The third-order valence-corrected chi connectivity index (χ3v) is 2.49. The fraction of sp³-hybridized carbons (Fsp3) is 0.500. The molecule has 1 rings (SSSR count). The number of aromatic nitrogens is 1. The van der Waals surface area contributed by atoms with E-state index in [-0.39, 0.29) is 11.1 Å². The van der Waals surface area contributed by atoms with Gasteiger partial charge < -0.3 is 9.47 Å². The van der Waals surface area contributed by atoms with E-state index in [9.17, 15) is 4.79 Å². The predicted molar refractivity (Wildman–Crippen MR) is 63.3 cm³/mol. The van der Waals surface area contributed by atoms with Crippen LogP contribution in [0.5, 0.6) is 0 Å². The zero-order chi connectivity index (χ0) is 12.1. The van der Waals surface area contributed by atoms with Gasteiger partial charge in [-0.15, -0.1) is 0 Å². The standard InChI is InChI=1S/C12H17N3O/c1-10-5-8-15(7-4-6-14(2)3)12(16)11(10)9-13/h5,8H,4,6-7H2,1-3H3. The Hall–Kier alpha value is -1.60. The van der Waals surface area contributed by atoms with Gasteiger partial charge in [0.25, 0.3) is 5.56 Å². The number of pyridine rings is 1. The number of hydrogen-bond donors (Lipinski definition) is 0. The lowest BCUT2D eigenvalue weighted by atomic mass is 10.2. The summed E-state index contributed by atoms with van der Waals surface area (Å²) in [6, 6.07) is 3.77. The number of rotatable bonds is 4. The Morgan fingerprint density at radius 3 is 2.75 bits per heavy atom. The van der Waals surface area contributed by atoms with Crippen molar-refractivity contribution in [3.8, 4) is 6.07 Å². The number of hydrogen-bond acceptors (Lipinski definition) is 3. The Morgan fingerprint density at radius 2 is 2.19 bits per heavy atom. The second-order valence-electron chi connectivity index (χ2n) is 4.14. The number of aryl methyl sites for hydroxylation is 2. The van der Waals surface area contributed by atoms with Gasteiger partial charge in [0.2, 0.25) is 0 Å². The van der Waals surface area contributed by atoms with Gasteiger partial charge in [0.05, 0.1) is 0 Å². The summed E-state index contributed by atoms with van der Waals surface area (Å²) in [5.41, 5.74) is 0.824.